The number of nitrogens with one attached hydrogen (secondary N) is 3. The lowest BCUT2D eigenvalue weighted by Crippen LogP contribution is -2.37. The molecule has 1 saturated carbocycles. The Morgan fingerprint density at radius 3 is 2.62 bits per heavy atom. The van der Waals surface area contributed by atoms with Gasteiger partial charge in [0.25, 0.3) is 0 Å². The van der Waals surface area contributed by atoms with Crippen LogP contribution in [0.15, 0.2) is 33.8 Å². The topological polar surface area (TPSA) is 91.5 Å². The van der Waals surface area contributed by atoms with E-state index in [0.29, 0.717) is 13.1 Å². The number of aryl methyl sites for hydroxylation is 2. The standard InChI is InChI=1S/C24H35N5O2.HI/c1-4-21-20(22(5-2)31-29-21)16-27-24(25-6-3)26-15-17-10-9-13-19(14-17)28-23(30)18-11-7-8-12-18;/h9-10,13-14,18H,4-8,11-12,15-16H2,1-3H3,(H,28,30)(H2,25,26,27);1H. The average Bonchev–Trinajstić information content (AvgIpc) is 3.45. The van der Waals surface area contributed by atoms with Gasteiger partial charge in [-0.05, 0) is 43.9 Å². The van der Waals surface area contributed by atoms with E-state index in [1.54, 1.807) is 0 Å². The number of benzene rings is 1. The summed E-state index contributed by atoms with van der Waals surface area (Å²) in [5.41, 5.74) is 4.00. The molecule has 1 amide bonds. The normalized spacial score (nSPS) is 14.2. The number of nitrogens with zero attached hydrogens (tertiary/aromatic N) is 2. The molecule has 0 spiro atoms. The molecule has 8 heteroatoms. The van der Waals surface area contributed by atoms with Crippen LogP contribution in [0.4, 0.5) is 5.69 Å². The smallest absolute Gasteiger partial charge is 0.227 e. The van der Waals surface area contributed by atoms with Crippen LogP contribution in [-0.2, 0) is 30.7 Å². The third-order valence-corrected chi connectivity index (χ3v) is 5.72. The van der Waals surface area contributed by atoms with Crippen LogP contribution in [0.2, 0.25) is 0 Å². The van der Waals surface area contributed by atoms with Crippen molar-refractivity contribution in [2.45, 2.75) is 72.4 Å². The molecule has 0 aliphatic heterocycles. The van der Waals surface area contributed by atoms with E-state index in [4.69, 9.17) is 9.52 Å². The second kappa shape index (κ2) is 13.4. The summed E-state index contributed by atoms with van der Waals surface area (Å²) in [6.45, 7) is 8.12. The van der Waals surface area contributed by atoms with Crippen LogP contribution < -0.4 is 16.0 Å². The predicted molar refractivity (Wildman–Crippen MR) is 139 cm³/mol. The highest BCUT2D eigenvalue weighted by Gasteiger charge is 2.22. The molecule has 1 aromatic heterocycles. The molecule has 3 rings (SSSR count). The molecule has 0 saturated heterocycles. The Balaban J connectivity index is 0.00000363. The highest BCUT2D eigenvalue weighted by Crippen LogP contribution is 2.26. The Morgan fingerprint density at radius 2 is 1.94 bits per heavy atom. The van der Waals surface area contributed by atoms with Gasteiger partial charge in [-0.2, -0.15) is 0 Å². The van der Waals surface area contributed by atoms with E-state index in [0.717, 1.165) is 79.3 Å². The highest BCUT2D eigenvalue weighted by molar-refractivity contribution is 14.0. The molecule has 176 valence electrons. The van der Waals surface area contributed by atoms with E-state index < -0.39 is 0 Å². The summed E-state index contributed by atoms with van der Waals surface area (Å²) in [6.07, 6.45) is 5.96. The number of rotatable bonds is 9. The first-order valence-electron chi connectivity index (χ1n) is 11.5. The SMILES string of the molecule is CCNC(=NCc1cccc(NC(=O)C2CCCC2)c1)NCc1c(CC)noc1CC.I. The van der Waals surface area contributed by atoms with Crippen LogP contribution >= 0.6 is 24.0 Å². The van der Waals surface area contributed by atoms with Gasteiger partial charge in [-0.1, -0.05) is 44.0 Å². The molecule has 1 fully saturated rings. The lowest BCUT2D eigenvalue weighted by atomic mass is 10.1. The molecule has 7 nitrogen and oxygen atoms in total. The Kier molecular flexibility index (Phi) is 11.0. The van der Waals surface area contributed by atoms with E-state index in [1.165, 1.54) is 0 Å². The number of aliphatic imine (C=N–C) groups is 1. The van der Waals surface area contributed by atoms with Crippen molar-refractivity contribution in [2.75, 3.05) is 11.9 Å². The summed E-state index contributed by atoms with van der Waals surface area (Å²) in [5.74, 6) is 1.96. The number of carbonyl (C=O) groups is 1. The van der Waals surface area contributed by atoms with Gasteiger partial charge < -0.3 is 20.5 Å². The van der Waals surface area contributed by atoms with Crippen molar-refractivity contribution in [3.05, 3.63) is 46.8 Å². The number of halogens is 1. The number of carbonyl (C=O) groups excluding carboxylic acids is 1. The largest absolute Gasteiger partial charge is 0.361 e. The molecule has 32 heavy (non-hydrogen) atoms. The summed E-state index contributed by atoms with van der Waals surface area (Å²) in [4.78, 5) is 17.1. The van der Waals surface area contributed by atoms with E-state index in [-0.39, 0.29) is 35.8 Å². The predicted octanol–water partition coefficient (Wildman–Crippen LogP) is 4.80. The zero-order valence-electron chi connectivity index (χ0n) is 19.4. The Hall–Kier alpha value is -2.10. The number of hydrogen-bond acceptors (Lipinski definition) is 4. The first kappa shape index (κ1) is 26.2. The highest BCUT2D eigenvalue weighted by atomic mass is 127. The zero-order chi connectivity index (χ0) is 22.1. The van der Waals surface area contributed by atoms with Gasteiger partial charge >= 0.3 is 0 Å². The molecule has 0 radical (unpaired) electrons. The molecule has 0 unspecified atom stereocenters. The molecule has 1 aliphatic rings. The van der Waals surface area contributed by atoms with Crippen LogP contribution in [0.5, 0.6) is 0 Å². The maximum absolute atomic E-state index is 12.4. The van der Waals surface area contributed by atoms with Gasteiger partial charge in [-0.15, -0.1) is 24.0 Å². The fraction of sp³-hybridized carbons (Fsp3) is 0.542. The minimum Gasteiger partial charge on any atom is -0.361 e. The first-order valence-corrected chi connectivity index (χ1v) is 11.5. The number of guanidine groups is 1. The molecule has 1 aromatic carbocycles. The monoisotopic (exact) mass is 553 g/mol. The fourth-order valence-corrected chi connectivity index (χ4v) is 4.00. The van der Waals surface area contributed by atoms with E-state index in [2.05, 4.69) is 35.0 Å². The zero-order valence-corrected chi connectivity index (χ0v) is 21.7. The quantitative estimate of drug-likeness (QED) is 0.236. The molecular weight excluding hydrogens is 517 g/mol. The van der Waals surface area contributed by atoms with Gasteiger partial charge in [0.1, 0.15) is 5.76 Å². The molecule has 3 N–H and O–H groups in total. The first-order chi connectivity index (χ1) is 15.1. The third-order valence-electron chi connectivity index (χ3n) is 5.72. The summed E-state index contributed by atoms with van der Waals surface area (Å²) in [6, 6.07) is 7.94. The second-order valence-electron chi connectivity index (χ2n) is 7.96. The summed E-state index contributed by atoms with van der Waals surface area (Å²) in [7, 11) is 0. The fourth-order valence-electron chi connectivity index (χ4n) is 4.00. The van der Waals surface area contributed by atoms with Crippen molar-refractivity contribution < 1.29 is 9.32 Å². The van der Waals surface area contributed by atoms with Gasteiger partial charge in [0.15, 0.2) is 5.96 Å². The lowest BCUT2D eigenvalue weighted by Gasteiger charge is -2.13. The number of amides is 1. The van der Waals surface area contributed by atoms with Gasteiger partial charge in [0, 0.05) is 36.7 Å². The Bertz CT molecular complexity index is 869. The van der Waals surface area contributed by atoms with Gasteiger partial charge in [0.2, 0.25) is 5.91 Å². The van der Waals surface area contributed by atoms with Crippen LogP contribution in [0.1, 0.15) is 69.0 Å². The molecular formula is C24H36IN5O2. The summed E-state index contributed by atoms with van der Waals surface area (Å²) >= 11 is 0. The maximum Gasteiger partial charge on any atom is 0.227 e. The number of anilines is 1. The second-order valence-corrected chi connectivity index (χ2v) is 7.96. The van der Waals surface area contributed by atoms with Crippen molar-refractivity contribution >= 4 is 41.5 Å². The van der Waals surface area contributed by atoms with Crippen LogP contribution in [0.3, 0.4) is 0 Å². The van der Waals surface area contributed by atoms with Crippen molar-refractivity contribution in [3.8, 4) is 0 Å². The van der Waals surface area contributed by atoms with E-state index in [1.807, 2.05) is 31.2 Å². The number of hydrogen-bond donors (Lipinski definition) is 3. The van der Waals surface area contributed by atoms with Crippen LogP contribution in [0.25, 0.3) is 0 Å². The Morgan fingerprint density at radius 1 is 1.16 bits per heavy atom. The molecule has 2 aromatic rings. The van der Waals surface area contributed by atoms with Crippen molar-refractivity contribution in [1.82, 2.24) is 15.8 Å². The molecule has 1 heterocycles. The minimum absolute atomic E-state index is 0. The summed E-state index contributed by atoms with van der Waals surface area (Å²) < 4.78 is 5.45. The average molecular weight is 553 g/mol. The van der Waals surface area contributed by atoms with E-state index >= 15 is 0 Å². The van der Waals surface area contributed by atoms with Crippen LogP contribution in [0, 0.1) is 5.92 Å². The summed E-state index contributed by atoms with van der Waals surface area (Å²) in [5, 5.41) is 13.9. The van der Waals surface area contributed by atoms with Crippen molar-refractivity contribution in [2.24, 2.45) is 10.9 Å². The van der Waals surface area contributed by atoms with Crippen molar-refractivity contribution in [3.63, 3.8) is 0 Å². The lowest BCUT2D eigenvalue weighted by molar-refractivity contribution is -0.119. The molecule has 0 atom stereocenters. The van der Waals surface area contributed by atoms with Crippen molar-refractivity contribution in [1.29, 1.82) is 0 Å². The van der Waals surface area contributed by atoms with Gasteiger partial charge in [0.05, 0.1) is 12.2 Å². The Labute approximate surface area is 208 Å². The van der Waals surface area contributed by atoms with Crippen LogP contribution in [-0.4, -0.2) is 23.6 Å². The van der Waals surface area contributed by atoms with Gasteiger partial charge in [-0.25, -0.2) is 4.99 Å². The number of aromatic nitrogens is 1. The minimum atomic E-state index is 0. The third kappa shape index (κ3) is 7.21. The van der Waals surface area contributed by atoms with E-state index in [9.17, 15) is 4.79 Å². The molecule has 1 aliphatic carbocycles. The molecule has 0 bridgehead atoms. The van der Waals surface area contributed by atoms with Gasteiger partial charge in [-0.3, -0.25) is 4.79 Å². The maximum atomic E-state index is 12.4.